The van der Waals surface area contributed by atoms with E-state index >= 15 is 0 Å². The van der Waals surface area contributed by atoms with Crippen molar-refractivity contribution < 1.29 is 4.21 Å². The summed E-state index contributed by atoms with van der Waals surface area (Å²) in [6.07, 6.45) is 4.67. The van der Waals surface area contributed by atoms with Crippen LogP contribution in [-0.2, 0) is 17.3 Å². The summed E-state index contributed by atoms with van der Waals surface area (Å²) < 4.78 is 13.7. The Hall–Kier alpha value is -0.640. The van der Waals surface area contributed by atoms with E-state index in [1.54, 1.807) is 6.20 Å². The van der Waals surface area contributed by atoms with Crippen molar-refractivity contribution in [2.24, 2.45) is 4.99 Å². The molecule has 0 aromatic carbocycles. The molecule has 0 fully saturated rings. The highest BCUT2D eigenvalue weighted by Crippen LogP contribution is 2.10. The predicted octanol–water partition coefficient (Wildman–Crippen LogP) is 1.99. The number of aliphatic imine (C=N–C) groups is 1. The van der Waals surface area contributed by atoms with Gasteiger partial charge in [-0.3, -0.25) is 13.9 Å². The first kappa shape index (κ1) is 22.4. The smallest absolute Gasteiger partial charge is 0.191 e. The highest BCUT2D eigenvalue weighted by Gasteiger charge is 2.18. The second kappa shape index (κ2) is 11.8. The lowest BCUT2D eigenvalue weighted by Crippen LogP contribution is -2.40. The van der Waals surface area contributed by atoms with E-state index in [0.717, 1.165) is 32.0 Å². The zero-order valence-corrected chi connectivity index (χ0v) is 17.7. The Morgan fingerprint density at radius 2 is 2.09 bits per heavy atom. The third kappa shape index (κ3) is 9.95. The fourth-order valence-electron chi connectivity index (χ4n) is 1.77. The number of nitrogens with zero attached hydrogens (tertiary/aromatic N) is 3. The van der Waals surface area contributed by atoms with Crippen molar-refractivity contribution in [1.82, 2.24) is 20.4 Å². The summed E-state index contributed by atoms with van der Waals surface area (Å²) in [4.78, 5) is 4.53. The van der Waals surface area contributed by atoms with Crippen LogP contribution in [0.3, 0.4) is 0 Å². The molecule has 0 radical (unpaired) electrons. The van der Waals surface area contributed by atoms with Crippen LogP contribution in [-0.4, -0.2) is 50.1 Å². The van der Waals surface area contributed by atoms with Crippen LogP contribution in [0.15, 0.2) is 23.5 Å². The summed E-state index contributed by atoms with van der Waals surface area (Å²) in [5.74, 6) is 1.41. The highest BCUT2D eigenvalue weighted by molar-refractivity contribution is 14.0. The van der Waals surface area contributed by atoms with Crippen molar-refractivity contribution in [3.05, 3.63) is 18.5 Å². The topological polar surface area (TPSA) is 71.3 Å². The van der Waals surface area contributed by atoms with Crippen molar-refractivity contribution in [2.45, 2.75) is 45.4 Å². The molecule has 1 atom stereocenters. The van der Waals surface area contributed by atoms with E-state index in [1.807, 2.05) is 44.6 Å². The number of rotatable bonds is 8. The van der Waals surface area contributed by atoms with Gasteiger partial charge < -0.3 is 10.6 Å². The maximum absolute atomic E-state index is 12.0. The van der Waals surface area contributed by atoms with Gasteiger partial charge in [0.2, 0.25) is 0 Å². The standard InChI is InChI=1S/C15H29N5OS.HI/c1-5-16-14(18-10-13-22(21)15(2,3)4)17-8-6-11-20-12-7-9-19-20;/h7,9,12H,5-6,8,10-11,13H2,1-4H3,(H2,16,17,18);1H. The Bertz CT molecular complexity index is 471. The van der Waals surface area contributed by atoms with Crippen LogP contribution in [0, 0.1) is 0 Å². The van der Waals surface area contributed by atoms with Crippen LogP contribution < -0.4 is 10.6 Å². The molecule has 6 nitrogen and oxygen atoms in total. The van der Waals surface area contributed by atoms with Crippen molar-refractivity contribution in [3.63, 3.8) is 0 Å². The molecular formula is C15H30IN5OS. The van der Waals surface area contributed by atoms with Gasteiger partial charge >= 0.3 is 0 Å². The summed E-state index contributed by atoms with van der Waals surface area (Å²) in [5, 5.41) is 10.6. The van der Waals surface area contributed by atoms with Crippen LogP contribution in [0.2, 0.25) is 0 Å². The lowest BCUT2D eigenvalue weighted by atomic mass is 10.3. The maximum atomic E-state index is 12.0. The van der Waals surface area contributed by atoms with Crippen LogP contribution in [0.25, 0.3) is 0 Å². The molecule has 23 heavy (non-hydrogen) atoms. The van der Waals surface area contributed by atoms with Gasteiger partial charge in [-0.05, 0) is 40.2 Å². The Kier molecular flexibility index (Phi) is 11.5. The number of halogens is 1. The molecule has 0 saturated heterocycles. The number of guanidine groups is 1. The third-order valence-electron chi connectivity index (χ3n) is 2.98. The molecule has 1 unspecified atom stereocenters. The van der Waals surface area contributed by atoms with Crippen LogP contribution in [0.1, 0.15) is 34.1 Å². The first-order valence-corrected chi connectivity index (χ1v) is 9.13. The Balaban J connectivity index is 0.00000484. The molecule has 0 amide bonds. The summed E-state index contributed by atoms with van der Waals surface area (Å²) >= 11 is 0. The minimum atomic E-state index is -0.842. The fourth-order valence-corrected chi connectivity index (χ4v) is 2.67. The highest BCUT2D eigenvalue weighted by atomic mass is 127. The van der Waals surface area contributed by atoms with Gasteiger partial charge in [0.25, 0.3) is 0 Å². The summed E-state index contributed by atoms with van der Waals surface area (Å²) in [6.45, 7) is 11.1. The summed E-state index contributed by atoms with van der Waals surface area (Å²) in [6, 6.07) is 1.92. The molecule has 1 aromatic rings. The number of aryl methyl sites for hydroxylation is 1. The van der Waals surface area contributed by atoms with Gasteiger partial charge in [-0.15, -0.1) is 24.0 Å². The largest absolute Gasteiger partial charge is 0.357 e. The average molecular weight is 455 g/mol. The quantitative estimate of drug-likeness (QED) is 0.272. The molecule has 0 spiro atoms. The third-order valence-corrected chi connectivity index (χ3v) is 4.92. The average Bonchev–Trinajstić information content (AvgIpc) is 2.95. The van der Waals surface area contributed by atoms with Gasteiger partial charge in [0.1, 0.15) is 0 Å². The van der Waals surface area contributed by atoms with Crippen LogP contribution >= 0.6 is 24.0 Å². The van der Waals surface area contributed by atoms with Gasteiger partial charge in [0, 0.05) is 59.9 Å². The maximum Gasteiger partial charge on any atom is 0.191 e. The van der Waals surface area contributed by atoms with Crippen molar-refractivity contribution in [1.29, 1.82) is 0 Å². The van der Waals surface area contributed by atoms with E-state index in [2.05, 4.69) is 20.7 Å². The zero-order valence-electron chi connectivity index (χ0n) is 14.5. The van der Waals surface area contributed by atoms with Crippen LogP contribution in [0.5, 0.6) is 0 Å². The fraction of sp³-hybridized carbons (Fsp3) is 0.733. The van der Waals surface area contributed by atoms with Gasteiger partial charge in [-0.2, -0.15) is 5.10 Å². The molecule has 0 aliphatic carbocycles. The normalized spacial score (nSPS) is 13.3. The molecule has 1 heterocycles. The molecule has 134 valence electrons. The van der Waals surface area contributed by atoms with E-state index in [-0.39, 0.29) is 28.7 Å². The second-order valence-electron chi connectivity index (χ2n) is 5.97. The lowest BCUT2D eigenvalue weighted by molar-refractivity contribution is 0.584. The van der Waals surface area contributed by atoms with E-state index in [4.69, 9.17) is 0 Å². The molecule has 0 aliphatic rings. The van der Waals surface area contributed by atoms with E-state index in [0.29, 0.717) is 12.3 Å². The van der Waals surface area contributed by atoms with Gasteiger partial charge in [-0.25, -0.2) is 0 Å². The minimum Gasteiger partial charge on any atom is -0.357 e. The molecule has 2 N–H and O–H groups in total. The number of aromatic nitrogens is 2. The Labute approximate surface area is 159 Å². The molecule has 1 aromatic heterocycles. The Morgan fingerprint density at radius 1 is 1.35 bits per heavy atom. The Morgan fingerprint density at radius 3 is 2.65 bits per heavy atom. The van der Waals surface area contributed by atoms with Gasteiger partial charge in [0.05, 0.1) is 0 Å². The van der Waals surface area contributed by atoms with Crippen LogP contribution in [0.4, 0.5) is 0 Å². The first-order valence-electron chi connectivity index (χ1n) is 7.81. The van der Waals surface area contributed by atoms with Gasteiger partial charge in [-0.1, -0.05) is 0 Å². The monoisotopic (exact) mass is 455 g/mol. The lowest BCUT2D eigenvalue weighted by Gasteiger charge is -2.18. The number of hydrogen-bond acceptors (Lipinski definition) is 3. The predicted molar refractivity (Wildman–Crippen MR) is 109 cm³/mol. The van der Waals surface area contributed by atoms with Crippen molar-refractivity contribution in [3.8, 4) is 0 Å². The summed E-state index contributed by atoms with van der Waals surface area (Å²) in [7, 11) is -0.842. The van der Waals surface area contributed by atoms with E-state index in [9.17, 15) is 4.21 Å². The number of hydrogen-bond donors (Lipinski definition) is 2. The molecular weight excluding hydrogens is 425 g/mol. The number of nitrogens with one attached hydrogen (secondary N) is 2. The van der Waals surface area contributed by atoms with Crippen molar-refractivity contribution >= 4 is 40.7 Å². The molecule has 8 heteroatoms. The molecule has 0 bridgehead atoms. The zero-order chi connectivity index (χ0) is 16.4. The van der Waals surface area contributed by atoms with E-state index < -0.39 is 10.8 Å². The minimum absolute atomic E-state index is 0. The first-order chi connectivity index (χ1) is 10.4. The molecule has 0 aliphatic heterocycles. The molecule has 0 saturated carbocycles. The molecule has 1 rings (SSSR count). The van der Waals surface area contributed by atoms with Crippen molar-refractivity contribution in [2.75, 3.05) is 25.4 Å². The summed E-state index contributed by atoms with van der Waals surface area (Å²) in [5.41, 5.74) is 0. The SMILES string of the molecule is CCNC(=NCCCn1cccn1)NCCS(=O)C(C)(C)C.I. The van der Waals surface area contributed by atoms with E-state index in [1.165, 1.54) is 0 Å². The van der Waals surface area contributed by atoms with Gasteiger partial charge in [0.15, 0.2) is 5.96 Å². The second-order valence-corrected chi connectivity index (χ2v) is 8.30.